The van der Waals surface area contributed by atoms with Gasteiger partial charge in [0.25, 0.3) is 5.78 Å². The molecule has 0 unspecified atom stereocenters. The van der Waals surface area contributed by atoms with E-state index in [0.29, 0.717) is 5.78 Å². The van der Waals surface area contributed by atoms with Gasteiger partial charge in [-0.2, -0.15) is 4.52 Å². The molecule has 2 aliphatic rings. The Morgan fingerprint density at radius 1 is 1.21 bits per heavy atom. The summed E-state index contributed by atoms with van der Waals surface area (Å²) in [4.78, 5) is 4.19. The van der Waals surface area contributed by atoms with Gasteiger partial charge in [0.2, 0.25) is 0 Å². The van der Waals surface area contributed by atoms with E-state index in [1.54, 1.807) is 4.52 Å². The Balaban J connectivity index is 2.47. The Morgan fingerprint density at radius 2 is 2.14 bits per heavy atom. The van der Waals surface area contributed by atoms with Crippen LogP contribution in [0.5, 0.6) is 0 Å². The second-order valence-corrected chi connectivity index (χ2v) is 3.47. The fourth-order valence-corrected chi connectivity index (χ4v) is 2.12. The fraction of sp³-hybridized carbons (Fsp3) is 0.111. The van der Waals surface area contributed by atoms with Crippen LogP contribution >= 0.6 is 0 Å². The van der Waals surface area contributed by atoms with Crippen molar-refractivity contribution in [3.8, 4) is 0 Å². The van der Waals surface area contributed by atoms with Crippen LogP contribution in [0.2, 0.25) is 0 Å². The maximum Gasteiger partial charge on any atom is 0.273 e. The molecule has 0 aromatic carbocycles. The molecule has 0 fully saturated rings. The summed E-state index contributed by atoms with van der Waals surface area (Å²) in [6.07, 6.45) is 7.11. The highest BCUT2D eigenvalue weighted by molar-refractivity contribution is 5.84. The lowest BCUT2D eigenvalue weighted by Gasteiger charge is -1.94. The minimum atomic E-state index is 0.567. The van der Waals surface area contributed by atoms with Crippen LogP contribution in [-0.2, 0) is 0 Å². The lowest BCUT2D eigenvalue weighted by molar-refractivity contribution is 0.798. The van der Waals surface area contributed by atoms with E-state index in [0.717, 1.165) is 11.8 Å². The second-order valence-electron chi connectivity index (χ2n) is 3.47. The summed E-state index contributed by atoms with van der Waals surface area (Å²) in [6, 6.07) is 0. The molecule has 66 valence electrons. The van der Waals surface area contributed by atoms with E-state index in [4.69, 9.17) is 0 Å². The minimum absolute atomic E-state index is 0.567. The maximum absolute atomic E-state index is 4.19. The first-order valence-corrected chi connectivity index (χ1v) is 4.41. The molecule has 5 heteroatoms. The SMILES string of the molecule is C1=CC2=c3c(cnc4nnnn34)=C1C2. The number of nitrogens with zero attached hydrogens (tertiary/aromatic N) is 5. The number of hydrogen-bond acceptors (Lipinski definition) is 4. The van der Waals surface area contributed by atoms with Gasteiger partial charge in [-0.15, -0.1) is 0 Å². The van der Waals surface area contributed by atoms with Crippen molar-refractivity contribution >= 4 is 16.9 Å². The smallest absolute Gasteiger partial charge is 0.218 e. The molecule has 0 radical (unpaired) electrons. The predicted octanol–water partition coefficient (Wildman–Crippen LogP) is -1.21. The summed E-state index contributed by atoms with van der Waals surface area (Å²) in [5.41, 5.74) is 2.61. The number of fused-ring (bicyclic) bond motifs is 5. The topological polar surface area (TPSA) is 56.0 Å². The number of allylic oxidation sites excluding steroid dienone is 2. The molecule has 0 spiro atoms. The van der Waals surface area contributed by atoms with Crippen LogP contribution in [0.3, 0.4) is 0 Å². The monoisotopic (exact) mass is 183 g/mol. The molecule has 0 aliphatic heterocycles. The van der Waals surface area contributed by atoms with E-state index in [2.05, 4.69) is 32.7 Å². The van der Waals surface area contributed by atoms with Crippen LogP contribution < -0.4 is 10.6 Å². The summed E-state index contributed by atoms with van der Waals surface area (Å²) < 4.78 is 1.71. The first-order valence-electron chi connectivity index (χ1n) is 4.41. The standard InChI is InChI=1S/C9H5N5/c1-2-6-3-5(1)7-4-10-9-11-12-13-14(9)8(6)7/h1-2,4H,3H2. The van der Waals surface area contributed by atoms with Crippen molar-refractivity contribution < 1.29 is 0 Å². The van der Waals surface area contributed by atoms with Gasteiger partial charge in [0, 0.05) is 17.8 Å². The molecule has 0 atom stereocenters. The van der Waals surface area contributed by atoms with Crippen molar-refractivity contribution in [2.45, 2.75) is 6.42 Å². The molecule has 0 amide bonds. The second kappa shape index (κ2) is 1.89. The molecule has 14 heavy (non-hydrogen) atoms. The first kappa shape index (κ1) is 6.42. The van der Waals surface area contributed by atoms with E-state index in [1.165, 1.54) is 16.4 Å². The van der Waals surface area contributed by atoms with Crippen LogP contribution in [0.15, 0.2) is 18.3 Å². The zero-order chi connectivity index (χ0) is 9.12. The lowest BCUT2D eigenvalue weighted by atomic mass is 10.2. The summed E-state index contributed by atoms with van der Waals surface area (Å²) >= 11 is 0. The van der Waals surface area contributed by atoms with Crippen LogP contribution in [0.4, 0.5) is 0 Å². The van der Waals surface area contributed by atoms with E-state index >= 15 is 0 Å². The molecular weight excluding hydrogens is 178 g/mol. The Hall–Kier alpha value is -2.04. The van der Waals surface area contributed by atoms with Gasteiger partial charge in [-0.25, -0.2) is 4.98 Å². The van der Waals surface area contributed by atoms with Crippen LogP contribution in [0, 0.1) is 0 Å². The Bertz CT molecular complexity index is 706. The molecule has 5 nitrogen and oxygen atoms in total. The van der Waals surface area contributed by atoms with Crippen LogP contribution in [0.25, 0.3) is 16.9 Å². The molecule has 4 rings (SSSR count). The zero-order valence-electron chi connectivity index (χ0n) is 7.18. The van der Waals surface area contributed by atoms with Crippen molar-refractivity contribution in [2.24, 2.45) is 0 Å². The molecule has 0 saturated carbocycles. The molecule has 2 aliphatic carbocycles. The van der Waals surface area contributed by atoms with Crippen molar-refractivity contribution in [2.75, 3.05) is 0 Å². The van der Waals surface area contributed by atoms with Gasteiger partial charge in [0.05, 0.1) is 5.35 Å². The van der Waals surface area contributed by atoms with Gasteiger partial charge in [-0.3, -0.25) is 0 Å². The molecule has 0 N–H and O–H groups in total. The van der Waals surface area contributed by atoms with Gasteiger partial charge in [-0.05, 0) is 21.6 Å². The maximum atomic E-state index is 4.19. The zero-order valence-corrected chi connectivity index (χ0v) is 7.18. The van der Waals surface area contributed by atoms with E-state index < -0.39 is 0 Å². The highest BCUT2D eigenvalue weighted by Crippen LogP contribution is 2.24. The van der Waals surface area contributed by atoms with E-state index in [-0.39, 0.29) is 0 Å². The minimum Gasteiger partial charge on any atom is -0.218 e. The van der Waals surface area contributed by atoms with Gasteiger partial charge in [-0.1, -0.05) is 17.3 Å². The average Bonchev–Trinajstić information content (AvgIpc) is 2.92. The van der Waals surface area contributed by atoms with Gasteiger partial charge < -0.3 is 0 Å². The van der Waals surface area contributed by atoms with Crippen molar-refractivity contribution in [3.05, 3.63) is 28.9 Å². The van der Waals surface area contributed by atoms with Crippen molar-refractivity contribution in [1.82, 2.24) is 25.0 Å². The van der Waals surface area contributed by atoms with Crippen molar-refractivity contribution in [1.29, 1.82) is 0 Å². The van der Waals surface area contributed by atoms with Crippen LogP contribution in [0.1, 0.15) is 6.42 Å². The third-order valence-electron chi connectivity index (χ3n) is 2.75. The Kier molecular flexibility index (Phi) is 0.868. The highest BCUT2D eigenvalue weighted by atomic mass is 15.5. The third kappa shape index (κ3) is 0.555. The Morgan fingerprint density at radius 3 is 3.14 bits per heavy atom. The summed E-state index contributed by atoms with van der Waals surface area (Å²) in [6.45, 7) is 0. The fourth-order valence-electron chi connectivity index (χ4n) is 2.12. The Labute approximate surface area is 78.1 Å². The number of aromatic nitrogens is 5. The predicted molar refractivity (Wildman–Crippen MR) is 48.4 cm³/mol. The van der Waals surface area contributed by atoms with E-state index in [1.807, 2.05) is 6.20 Å². The quantitative estimate of drug-likeness (QED) is 0.514. The number of rotatable bonds is 0. The molecule has 2 bridgehead atoms. The van der Waals surface area contributed by atoms with Gasteiger partial charge in [0.15, 0.2) is 0 Å². The average molecular weight is 183 g/mol. The molecule has 2 aromatic rings. The summed E-state index contributed by atoms with van der Waals surface area (Å²) in [7, 11) is 0. The highest BCUT2D eigenvalue weighted by Gasteiger charge is 2.18. The van der Waals surface area contributed by atoms with Crippen LogP contribution in [-0.4, -0.2) is 25.0 Å². The molecule has 2 aromatic heterocycles. The summed E-state index contributed by atoms with van der Waals surface area (Å²) in [5, 5.41) is 13.7. The van der Waals surface area contributed by atoms with Crippen molar-refractivity contribution in [3.63, 3.8) is 0 Å². The largest absolute Gasteiger partial charge is 0.273 e. The molecular formula is C9H5N5. The van der Waals surface area contributed by atoms with Gasteiger partial charge in [0.1, 0.15) is 0 Å². The normalized spacial score (nSPS) is 17.1. The third-order valence-corrected chi connectivity index (χ3v) is 2.75. The first-order chi connectivity index (χ1) is 6.93. The lowest BCUT2D eigenvalue weighted by Crippen LogP contribution is -2.33. The van der Waals surface area contributed by atoms with Gasteiger partial charge >= 0.3 is 0 Å². The number of tetrazole rings is 1. The molecule has 0 saturated heterocycles. The summed E-state index contributed by atoms with van der Waals surface area (Å²) in [5.74, 6) is 0.567. The molecule has 2 heterocycles. The number of hydrogen-bond donors (Lipinski definition) is 0. The van der Waals surface area contributed by atoms with E-state index in [9.17, 15) is 0 Å².